The molecule has 2 N–H and O–H groups in total. The van der Waals surface area contributed by atoms with Crippen molar-refractivity contribution in [2.45, 2.75) is 52.1 Å². The molecule has 0 saturated carbocycles. The van der Waals surface area contributed by atoms with Gasteiger partial charge in [0.25, 0.3) is 0 Å². The van der Waals surface area contributed by atoms with Crippen molar-refractivity contribution in [1.29, 1.82) is 0 Å². The summed E-state index contributed by atoms with van der Waals surface area (Å²) in [7, 11) is 0. The molecule has 3 aromatic rings. The molecule has 1 unspecified atom stereocenters. The number of fused-ring (bicyclic) bond motifs is 1. The van der Waals surface area contributed by atoms with Crippen LogP contribution in [0.1, 0.15) is 42.4 Å². The van der Waals surface area contributed by atoms with E-state index in [-0.39, 0.29) is 12.0 Å². The summed E-state index contributed by atoms with van der Waals surface area (Å²) in [6.07, 6.45) is 5.00. The lowest BCUT2D eigenvalue weighted by molar-refractivity contribution is -0.130. The first-order valence-electron chi connectivity index (χ1n) is 12.3. The number of ether oxygens (including phenoxy) is 1. The van der Waals surface area contributed by atoms with Crippen LogP contribution < -0.4 is 5.32 Å². The number of aromatic amines is 1. The zero-order valence-corrected chi connectivity index (χ0v) is 20.6. The summed E-state index contributed by atoms with van der Waals surface area (Å²) in [6.45, 7) is 9.16. The quantitative estimate of drug-likeness (QED) is 0.513. The predicted octanol–water partition coefficient (Wildman–Crippen LogP) is 5.06. The van der Waals surface area contributed by atoms with Crippen LogP contribution in [0.2, 0.25) is 0 Å². The van der Waals surface area contributed by atoms with Crippen LogP contribution in [0, 0.1) is 19.8 Å². The number of nitrogens with one attached hydrogen (secondary N) is 2. The van der Waals surface area contributed by atoms with Crippen LogP contribution in [-0.4, -0.2) is 54.7 Å². The van der Waals surface area contributed by atoms with E-state index in [1.54, 1.807) is 11.3 Å². The Hall–Kier alpha value is -2.15. The molecule has 5 rings (SSSR count). The van der Waals surface area contributed by atoms with E-state index in [0.29, 0.717) is 5.92 Å². The highest BCUT2D eigenvalue weighted by Gasteiger charge is 2.25. The molecule has 5 nitrogen and oxygen atoms in total. The van der Waals surface area contributed by atoms with E-state index >= 15 is 0 Å². The summed E-state index contributed by atoms with van der Waals surface area (Å²) in [5, 5.41) is 6.69. The molecule has 2 aliphatic rings. The summed E-state index contributed by atoms with van der Waals surface area (Å²) in [5.74, 6) is 0.661. The van der Waals surface area contributed by atoms with Gasteiger partial charge in [-0.1, -0.05) is 17.2 Å². The number of benzene rings is 1. The van der Waals surface area contributed by atoms with Crippen molar-refractivity contribution >= 4 is 27.5 Å². The lowest BCUT2D eigenvalue weighted by Crippen LogP contribution is -2.41. The van der Waals surface area contributed by atoms with Crippen LogP contribution in [0.15, 0.2) is 29.6 Å². The topological polar surface area (TPSA) is 57.4 Å². The highest BCUT2D eigenvalue weighted by molar-refractivity contribution is 7.16. The Kier molecular flexibility index (Phi) is 6.86. The van der Waals surface area contributed by atoms with E-state index in [4.69, 9.17) is 4.74 Å². The Morgan fingerprint density at radius 2 is 1.97 bits per heavy atom. The van der Waals surface area contributed by atoms with Crippen molar-refractivity contribution in [1.82, 2.24) is 15.2 Å². The van der Waals surface area contributed by atoms with Gasteiger partial charge in [0.1, 0.15) is 10.9 Å². The Morgan fingerprint density at radius 3 is 2.70 bits per heavy atom. The van der Waals surface area contributed by atoms with E-state index in [1.807, 2.05) is 0 Å². The van der Waals surface area contributed by atoms with Gasteiger partial charge < -0.3 is 19.9 Å². The number of aromatic nitrogens is 1. The van der Waals surface area contributed by atoms with Gasteiger partial charge in [0.05, 0.1) is 5.69 Å². The Balaban J connectivity index is 1.18. The van der Waals surface area contributed by atoms with E-state index in [0.717, 1.165) is 64.9 Å². The maximum absolute atomic E-state index is 12.2. The molecule has 4 heterocycles. The zero-order valence-electron chi connectivity index (χ0n) is 19.8. The molecular formula is C27H35N3O2S. The molecule has 1 aromatic carbocycles. The number of piperidine rings is 1. The first-order chi connectivity index (χ1) is 16.1. The van der Waals surface area contributed by atoms with Crippen LogP contribution in [0.5, 0.6) is 0 Å². The van der Waals surface area contributed by atoms with E-state index in [1.165, 1.54) is 38.2 Å². The number of amides is 1. The molecule has 2 aromatic heterocycles. The number of rotatable bonds is 7. The summed E-state index contributed by atoms with van der Waals surface area (Å²) >= 11 is 1.79. The molecule has 2 fully saturated rings. The minimum Gasteiger partial charge on any atom is -0.368 e. The van der Waals surface area contributed by atoms with Gasteiger partial charge >= 0.3 is 0 Å². The van der Waals surface area contributed by atoms with E-state index in [9.17, 15) is 4.79 Å². The maximum Gasteiger partial charge on any atom is 0.249 e. The average molecular weight is 466 g/mol. The summed E-state index contributed by atoms with van der Waals surface area (Å²) in [4.78, 5) is 19.8. The Bertz CT molecular complexity index is 1080. The Morgan fingerprint density at radius 1 is 1.18 bits per heavy atom. The number of H-pyrrole nitrogens is 1. The summed E-state index contributed by atoms with van der Waals surface area (Å²) in [5.41, 5.74) is 6.65. The van der Waals surface area contributed by atoms with Crippen molar-refractivity contribution in [3.05, 3.63) is 46.3 Å². The predicted molar refractivity (Wildman–Crippen MR) is 136 cm³/mol. The van der Waals surface area contributed by atoms with Crippen molar-refractivity contribution in [2.24, 2.45) is 5.92 Å². The molecule has 2 saturated heterocycles. The van der Waals surface area contributed by atoms with Crippen LogP contribution in [0.4, 0.5) is 0 Å². The SMILES string of the molecule is Cc1cc(C)cc(-c2[nH]c3sccc3c2CCN2CCC(CNC(=O)C3CCCO3)CC2)c1. The number of nitrogens with zero attached hydrogens (tertiary/aromatic N) is 1. The van der Waals surface area contributed by atoms with Crippen LogP contribution in [-0.2, 0) is 16.0 Å². The van der Waals surface area contributed by atoms with Gasteiger partial charge in [-0.25, -0.2) is 0 Å². The van der Waals surface area contributed by atoms with Gasteiger partial charge in [0.15, 0.2) is 0 Å². The minimum absolute atomic E-state index is 0.0843. The van der Waals surface area contributed by atoms with Crippen molar-refractivity contribution in [2.75, 3.05) is 32.8 Å². The van der Waals surface area contributed by atoms with Crippen LogP contribution >= 0.6 is 11.3 Å². The molecule has 0 spiro atoms. The van der Waals surface area contributed by atoms with Gasteiger partial charge in [-0.15, -0.1) is 11.3 Å². The third kappa shape index (κ3) is 5.18. The van der Waals surface area contributed by atoms with Crippen LogP contribution in [0.3, 0.4) is 0 Å². The van der Waals surface area contributed by atoms with Gasteiger partial charge in [-0.05, 0) is 99.7 Å². The first-order valence-corrected chi connectivity index (χ1v) is 13.2. The van der Waals surface area contributed by atoms with Gasteiger partial charge in [0, 0.05) is 25.1 Å². The lowest BCUT2D eigenvalue weighted by Gasteiger charge is -2.32. The second-order valence-corrected chi connectivity index (χ2v) is 10.7. The molecule has 6 heteroatoms. The molecule has 0 radical (unpaired) electrons. The fourth-order valence-corrected chi connectivity index (χ4v) is 6.24. The van der Waals surface area contributed by atoms with Gasteiger partial charge in [-0.2, -0.15) is 0 Å². The van der Waals surface area contributed by atoms with Crippen molar-refractivity contribution in [3.63, 3.8) is 0 Å². The Labute approximate surface area is 200 Å². The second-order valence-electron chi connectivity index (χ2n) is 9.80. The summed E-state index contributed by atoms with van der Waals surface area (Å²) < 4.78 is 5.50. The second kappa shape index (κ2) is 10.00. The standard InChI is InChI=1S/C27H35N3O2S/c1-18-14-19(2)16-21(15-18)25-22(23-8-13-33-27(23)29-25)7-11-30-9-5-20(6-10-30)17-28-26(31)24-4-3-12-32-24/h8,13-16,20,24,29H,3-7,9-12,17H2,1-2H3,(H,28,31). The van der Waals surface area contributed by atoms with Crippen molar-refractivity contribution in [3.8, 4) is 11.3 Å². The highest BCUT2D eigenvalue weighted by Crippen LogP contribution is 2.34. The van der Waals surface area contributed by atoms with Crippen LogP contribution in [0.25, 0.3) is 21.5 Å². The number of carbonyl (C=O) groups is 1. The third-order valence-corrected chi connectivity index (χ3v) is 8.04. The molecule has 0 bridgehead atoms. The molecular weight excluding hydrogens is 430 g/mol. The zero-order chi connectivity index (χ0) is 22.8. The van der Waals surface area contributed by atoms with Crippen molar-refractivity contribution < 1.29 is 9.53 Å². The first kappa shape index (κ1) is 22.6. The largest absolute Gasteiger partial charge is 0.368 e. The molecule has 1 amide bonds. The molecule has 176 valence electrons. The molecule has 0 aliphatic carbocycles. The summed E-state index contributed by atoms with van der Waals surface area (Å²) in [6, 6.07) is 9.09. The highest BCUT2D eigenvalue weighted by atomic mass is 32.1. The van der Waals surface area contributed by atoms with E-state index < -0.39 is 0 Å². The maximum atomic E-state index is 12.2. The number of carbonyl (C=O) groups excluding carboxylic acids is 1. The van der Waals surface area contributed by atoms with E-state index in [2.05, 4.69) is 58.7 Å². The minimum atomic E-state index is -0.216. The third-order valence-electron chi connectivity index (χ3n) is 7.21. The molecule has 2 aliphatic heterocycles. The fourth-order valence-electron chi connectivity index (χ4n) is 5.42. The number of hydrogen-bond donors (Lipinski definition) is 2. The number of hydrogen-bond acceptors (Lipinski definition) is 4. The fraction of sp³-hybridized carbons (Fsp3) is 0.519. The smallest absolute Gasteiger partial charge is 0.249 e. The number of likely N-dealkylation sites (tertiary alicyclic amines) is 1. The normalized spacial score (nSPS) is 20.0. The van der Waals surface area contributed by atoms with Gasteiger partial charge in [-0.3, -0.25) is 4.79 Å². The van der Waals surface area contributed by atoms with Gasteiger partial charge in [0.2, 0.25) is 5.91 Å². The molecule has 1 atom stereocenters. The lowest BCUT2D eigenvalue weighted by atomic mass is 9.95. The average Bonchev–Trinajstić information content (AvgIpc) is 3.54. The number of aryl methyl sites for hydroxylation is 2. The number of thiophene rings is 1. The monoisotopic (exact) mass is 465 g/mol. The molecule has 33 heavy (non-hydrogen) atoms.